The van der Waals surface area contributed by atoms with E-state index < -0.39 is 0 Å². The third-order valence-corrected chi connectivity index (χ3v) is 4.18. The van der Waals surface area contributed by atoms with Crippen molar-refractivity contribution in [2.45, 2.75) is 39.2 Å². The Balaban J connectivity index is 1.92. The van der Waals surface area contributed by atoms with Gasteiger partial charge in [-0.1, -0.05) is 24.3 Å². The van der Waals surface area contributed by atoms with Gasteiger partial charge in [-0.25, -0.2) is 4.98 Å². The molecule has 106 valence electrons. The van der Waals surface area contributed by atoms with E-state index in [1.54, 1.807) is 0 Å². The summed E-state index contributed by atoms with van der Waals surface area (Å²) >= 11 is 0. The quantitative estimate of drug-likeness (QED) is 0.925. The average molecular weight is 277 g/mol. The summed E-state index contributed by atoms with van der Waals surface area (Å²) in [6.07, 6.45) is 3.21. The van der Waals surface area contributed by atoms with Gasteiger partial charge < -0.3 is 5.32 Å². The first-order chi connectivity index (χ1) is 10.2. The van der Waals surface area contributed by atoms with Crippen LogP contribution in [0.15, 0.2) is 30.3 Å². The molecular formula is C18H19N3. The molecule has 0 saturated carbocycles. The fourth-order valence-electron chi connectivity index (χ4n) is 3.02. The van der Waals surface area contributed by atoms with Crippen molar-refractivity contribution in [1.82, 2.24) is 4.98 Å². The van der Waals surface area contributed by atoms with Crippen LogP contribution in [0, 0.1) is 18.3 Å². The second-order valence-electron chi connectivity index (χ2n) is 5.68. The maximum absolute atomic E-state index is 9.36. The van der Waals surface area contributed by atoms with Gasteiger partial charge in [0, 0.05) is 5.69 Å². The summed E-state index contributed by atoms with van der Waals surface area (Å²) in [6, 6.07) is 12.7. The highest BCUT2D eigenvalue weighted by Crippen LogP contribution is 2.28. The molecule has 1 heterocycles. The van der Waals surface area contributed by atoms with Gasteiger partial charge in [0.05, 0.1) is 11.6 Å². The van der Waals surface area contributed by atoms with E-state index in [1.165, 1.54) is 16.7 Å². The van der Waals surface area contributed by atoms with E-state index in [2.05, 4.69) is 42.4 Å². The molecule has 1 unspecified atom stereocenters. The van der Waals surface area contributed by atoms with Crippen molar-refractivity contribution in [3.63, 3.8) is 0 Å². The predicted octanol–water partition coefficient (Wildman–Crippen LogP) is 3.92. The Morgan fingerprint density at radius 3 is 2.86 bits per heavy atom. The minimum Gasteiger partial charge on any atom is -0.362 e. The number of nitriles is 1. The molecular weight excluding hydrogens is 258 g/mol. The number of rotatable bonds is 3. The second kappa shape index (κ2) is 5.57. The van der Waals surface area contributed by atoms with Gasteiger partial charge in [0.1, 0.15) is 11.9 Å². The van der Waals surface area contributed by atoms with Crippen molar-refractivity contribution in [2.75, 3.05) is 5.32 Å². The number of hydrogen-bond donors (Lipinski definition) is 1. The van der Waals surface area contributed by atoms with Gasteiger partial charge >= 0.3 is 0 Å². The summed E-state index contributed by atoms with van der Waals surface area (Å²) in [5.74, 6) is 0.717. The van der Waals surface area contributed by atoms with E-state index >= 15 is 0 Å². The second-order valence-corrected chi connectivity index (χ2v) is 5.68. The summed E-state index contributed by atoms with van der Waals surface area (Å²) < 4.78 is 0. The lowest BCUT2D eigenvalue weighted by Gasteiger charge is -2.18. The van der Waals surface area contributed by atoms with E-state index in [1.807, 2.05) is 18.2 Å². The molecule has 0 spiro atoms. The fraction of sp³-hybridized carbons (Fsp3) is 0.333. The highest BCUT2D eigenvalue weighted by Gasteiger charge is 2.18. The molecule has 1 aliphatic rings. The van der Waals surface area contributed by atoms with Crippen molar-refractivity contribution in [3.8, 4) is 6.07 Å². The zero-order valence-electron chi connectivity index (χ0n) is 12.5. The van der Waals surface area contributed by atoms with Crippen molar-refractivity contribution in [2.24, 2.45) is 0 Å². The van der Waals surface area contributed by atoms with E-state index in [4.69, 9.17) is 0 Å². The van der Waals surface area contributed by atoms with Crippen LogP contribution in [0.4, 0.5) is 5.82 Å². The van der Waals surface area contributed by atoms with Gasteiger partial charge in [-0.3, -0.25) is 0 Å². The summed E-state index contributed by atoms with van der Waals surface area (Å²) in [5, 5.41) is 12.8. The number of benzene rings is 1. The van der Waals surface area contributed by atoms with Crippen LogP contribution in [0.25, 0.3) is 0 Å². The highest BCUT2D eigenvalue weighted by atomic mass is 15.0. The molecule has 0 fully saturated rings. The Morgan fingerprint density at radius 1 is 1.29 bits per heavy atom. The Hall–Kier alpha value is -2.34. The van der Waals surface area contributed by atoms with Crippen molar-refractivity contribution in [1.29, 1.82) is 5.26 Å². The molecule has 1 atom stereocenters. The first-order valence-corrected chi connectivity index (χ1v) is 7.44. The van der Waals surface area contributed by atoms with Crippen LogP contribution < -0.4 is 5.32 Å². The molecule has 1 aromatic carbocycles. The molecule has 21 heavy (non-hydrogen) atoms. The van der Waals surface area contributed by atoms with Crippen LogP contribution in [0.1, 0.15) is 47.3 Å². The minimum absolute atomic E-state index is 0.130. The first kappa shape index (κ1) is 13.6. The first-order valence-electron chi connectivity index (χ1n) is 7.44. The molecule has 3 rings (SSSR count). The molecule has 0 radical (unpaired) electrons. The maximum Gasteiger partial charge on any atom is 0.144 e. The van der Waals surface area contributed by atoms with Crippen LogP contribution in [0.2, 0.25) is 0 Å². The SMILES string of the molecule is Cc1ccccc1C(C)Nc1nc2c(cc1C#N)CCC2. The van der Waals surface area contributed by atoms with Crippen LogP contribution in [0.5, 0.6) is 0 Å². The Labute approximate surface area is 125 Å². The highest BCUT2D eigenvalue weighted by molar-refractivity contribution is 5.56. The summed E-state index contributed by atoms with van der Waals surface area (Å²) in [5.41, 5.74) is 5.52. The van der Waals surface area contributed by atoms with E-state index in [9.17, 15) is 5.26 Å². The molecule has 1 N–H and O–H groups in total. The zero-order chi connectivity index (χ0) is 14.8. The number of fused-ring (bicyclic) bond motifs is 1. The number of pyridine rings is 1. The van der Waals surface area contributed by atoms with Crippen molar-refractivity contribution in [3.05, 3.63) is 58.3 Å². The molecule has 1 aliphatic carbocycles. The fourth-order valence-corrected chi connectivity index (χ4v) is 3.02. The average Bonchev–Trinajstić information content (AvgIpc) is 2.93. The van der Waals surface area contributed by atoms with E-state index in [0.717, 1.165) is 25.0 Å². The van der Waals surface area contributed by atoms with Gasteiger partial charge in [-0.2, -0.15) is 5.26 Å². The normalized spacial score (nSPS) is 14.3. The molecule has 1 aromatic heterocycles. The van der Waals surface area contributed by atoms with Gasteiger partial charge in [0.25, 0.3) is 0 Å². The number of nitrogens with zero attached hydrogens (tertiary/aromatic N) is 2. The Morgan fingerprint density at radius 2 is 2.10 bits per heavy atom. The number of aryl methyl sites for hydroxylation is 3. The standard InChI is InChI=1S/C18H19N3/c1-12-6-3-4-8-16(12)13(2)20-18-15(11-19)10-14-7-5-9-17(14)21-18/h3-4,6,8,10,13H,5,7,9H2,1-2H3,(H,20,21). The minimum atomic E-state index is 0.130. The number of nitrogens with one attached hydrogen (secondary N) is 1. The zero-order valence-corrected chi connectivity index (χ0v) is 12.5. The molecule has 0 aliphatic heterocycles. The summed E-state index contributed by atoms with van der Waals surface area (Å²) in [4.78, 5) is 4.69. The van der Waals surface area contributed by atoms with Gasteiger partial charge in [0.15, 0.2) is 0 Å². The van der Waals surface area contributed by atoms with Crippen LogP contribution in [0.3, 0.4) is 0 Å². The van der Waals surface area contributed by atoms with Gasteiger partial charge in [-0.05, 0) is 55.9 Å². The number of anilines is 1. The smallest absolute Gasteiger partial charge is 0.144 e. The Kier molecular flexibility index (Phi) is 3.62. The maximum atomic E-state index is 9.36. The monoisotopic (exact) mass is 277 g/mol. The lowest BCUT2D eigenvalue weighted by molar-refractivity contribution is 0.856. The van der Waals surface area contributed by atoms with Crippen molar-refractivity contribution >= 4 is 5.82 Å². The number of hydrogen-bond acceptors (Lipinski definition) is 3. The third-order valence-electron chi connectivity index (χ3n) is 4.18. The summed E-state index contributed by atoms with van der Waals surface area (Å²) in [6.45, 7) is 4.22. The lowest BCUT2D eigenvalue weighted by Crippen LogP contribution is -2.11. The molecule has 0 bridgehead atoms. The van der Waals surface area contributed by atoms with Crippen LogP contribution in [-0.2, 0) is 12.8 Å². The molecule has 3 heteroatoms. The molecule has 0 saturated heterocycles. The van der Waals surface area contributed by atoms with E-state index in [-0.39, 0.29) is 6.04 Å². The third kappa shape index (κ3) is 2.62. The largest absolute Gasteiger partial charge is 0.362 e. The molecule has 0 amide bonds. The van der Waals surface area contributed by atoms with Gasteiger partial charge in [-0.15, -0.1) is 0 Å². The lowest BCUT2D eigenvalue weighted by atomic mass is 10.0. The molecule has 3 nitrogen and oxygen atoms in total. The van der Waals surface area contributed by atoms with Crippen LogP contribution >= 0.6 is 0 Å². The summed E-state index contributed by atoms with van der Waals surface area (Å²) in [7, 11) is 0. The molecule has 2 aromatic rings. The van der Waals surface area contributed by atoms with Crippen molar-refractivity contribution < 1.29 is 0 Å². The van der Waals surface area contributed by atoms with E-state index in [0.29, 0.717) is 11.4 Å². The topological polar surface area (TPSA) is 48.7 Å². The number of aromatic nitrogens is 1. The van der Waals surface area contributed by atoms with Gasteiger partial charge in [0.2, 0.25) is 0 Å². The van der Waals surface area contributed by atoms with Crippen LogP contribution in [-0.4, -0.2) is 4.98 Å². The predicted molar refractivity (Wildman–Crippen MR) is 84.2 cm³/mol. The Bertz CT molecular complexity index is 713.